The number of ether oxygens (including phenoxy) is 1. The van der Waals surface area contributed by atoms with Crippen molar-refractivity contribution in [1.29, 1.82) is 0 Å². The van der Waals surface area contributed by atoms with E-state index < -0.39 is 0 Å². The molecule has 2 aromatic rings. The summed E-state index contributed by atoms with van der Waals surface area (Å²) >= 11 is 1.86. The molecule has 3 atom stereocenters. The van der Waals surface area contributed by atoms with Crippen LogP contribution in [0, 0.1) is 0 Å². The molecule has 3 unspecified atom stereocenters. The van der Waals surface area contributed by atoms with Gasteiger partial charge >= 0.3 is 0 Å². The highest BCUT2D eigenvalue weighted by Gasteiger charge is 2.43. The summed E-state index contributed by atoms with van der Waals surface area (Å²) in [5, 5.41) is 4.54. The molecule has 2 fully saturated rings. The highest BCUT2D eigenvalue weighted by molar-refractivity contribution is 7.12. The van der Waals surface area contributed by atoms with Gasteiger partial charge in [-0.25, -0.2) is 4.98 Å². The number of thiazole rings is 1. The van der Waals surface area contributed by atoms with Gasteiger partial charge in [0, 0.05) is 22.9 Å². The molecule has 2 bridgehead atoms. The van der Waals surface area contributed by atoms with Gasteiger partial charge in [0.05, 0.1) is 22.9 Å². The van der Waals surface area contributed by atoms with Crippen molar-refractivity contribution < 1.29 is 4.74 Å². The highest BCUT2D eigenvalue weighted by atomic mass is 32.1. The van der Waals surface area contributed by atoms with E-state index in [0.29, 0.717) is 18.1 Å². The van der Waals surface area contributed by atoms with E-state index in [0.717, 1.165) is 18.7 Å². The van der Waals surface area contributed by atoms with Crippen molar-refractivity contribution in [3.8, 4) is 11.3 Å². The lowest BCUT2D eigenvalue weighted by Crippen LogP contribution is -2.13. The zero-order valence-corrected chi connectivity index (χ0v) is 13.0. The van der Waals surface area contributed by atoms with Gasteiger partial charge < -0.3 is 10.1 Å². The Hall–Kier alpha value is -1.23. The van der Waals surface area contributed by atoms with Gasteiger partial charge in [-0.3, -0.25) is 0 Å². The Bertz CT molecular complexity index is 625. The molecule has 1 N–H and O–H groups in total. The van der Waals surface area contributed by atoms with Crippen LogP contribution in [-0.4, -0.2) is 24.2 Å². The van der Waals surface area contributed by atoms with Crippen LogP contribution in [0.3, 0.4) is 0 Å². The van der Waals surface area contributed by atoms with Gasteiger partial charge in [-0.2, -0.15) is 0 Å². The molecule has 0 amide bonds. The Balaban J connectivity index is 1.70. The van der Waals surface area contributed by atoms with Crippen LogP contribution < -0.4 is 5.32 Å². The summed E-state index contributed by atoms with van der Waals surface area (Å²) in [4.78, 5) is 6.33. The first-order valence-corrected chi connectivity index (χ1v) is 8.52. The second-order valence-electron chi connectivity index (χ2n) is 5.94. The molecule has 2 aliphatic heterocycles. The van der Waals surface area contributed by atoms with Crippen molar-refractivity contribution in [3.05, 3.63) is 40.2 Å². The summed E-state index contributed by atoms with van der Waals surface area (Å²) in [5.41, 5.74) is 2.36. The molecule has 4 heteroatoms. The zero-order valence-electron chi connectivity index (χ0n) is 12.2. The molecule has 2 saturated heterocycles. The molecule has 110 valence electrons. The van der Waals surface area contributed by atoms with Crippen LogP contribution in [0.15, 0.2) is 30.3 Å². The van der Waals surface area contributed by atoms with Crippen molar-refractivity contribution >= 4 is 11.3 Å². The van der Waals surface area contributed by atoms with Crippen LogP contribution in [0.4, 0.5) is 0 Å². The molecule has 4 rings (SSSR count). The molecule has 0 aliphatic carbocycles. The largest absolute Gasteiger partial charge is 0.374 e. The van der Waals surface area contributed by atoms with E-state index in [-0.39, 0.29) is 0 Å². The predicted molar refractivity (Wildman–Crippen MR) is 85.6 cm³/mol. The number of nitrogens with zero attached hydrogens (tertiary/aromatic N) is 1. The highest BCUT2D eigenvalue weighted by Crippen LogP contribution is 2.46. The first-order valence-electron chi connectivity index (χ1n) is 7.70. The lowest BCUT2D eigenvalue weighted by Gasteiger charge is -2.15. The lowest BCUT2D eigenvalue weighted by atomic mass is 9.90. The molecule has 0 saturated carbocycles. The van der Waals surface area contributed by atoms with E-state index in [4.69, 9.17) is 9.72 Å². The Morgan fingerprint density at radius 1 is 1.29 bits per heavy atom. The third kappa shape index (κ3) is 2.41. The van der Waals surface area contributed by atoms with Gasteiger partial charge in [-0.15, -0.1) is 11.3 Å². The quantitative estimate of drug-likeness (QED) is 0.937. The van der Waals surface area contributed by atoms with Crippen LogP contribution in [0.25, 0.3) is 11.3 Å². The van der Waals surface area contributed by atoms with Gasteiger partial charge in [0.25, 0.3) is 0 Å². The number of hydrogen-bond acceptors (Lipinski definition) is 4. The molecular formula is C17H20N2OS. The topological polar surface area (TPSA) is 34.1 Å². The molecular weight excluding hydrogens is 280 g/mol. The summed E-state index contributed by atoms with van der Waals surface area (Å²) in [5.74, 6) is 0.516. The maximum Gasteiger partial charge on any atom is 0.0993 e. The third-order valence-electron chi connectivity index (χ3n) is 4.52. The molecule has 1 aromatic heterocycles. The van der Waals surface area contributed by atoms with Gasteiger partial charge in [0.2, 0.25) is 0 Å². The molecule has 0 radical (unpaired) electrons. The van der Waals surface area contributed by atoms with Crippen molar-refractivity contribution in [2.45, 2.75) is 43.9 Å². The Labute approximate surface area is 129 Å². The van der Waals surface area contributed by atoms with Crippen LogP contribution in [0.1, 0.15) is 35.1 Å². The van der Waals surface area contributed by atoms with E-state index in [2.05, 4.69) is 35.6 Å². The van der Waals surface area contributed by atoms with E-state index in [1.165, 1.54) is 28.3 Å². The maximum absolute atomic E-state index is 6.01. The minimum atomic E-state index is 0.409. The van der Waals surface area contributed by atoms with Crippen LogP contribution in [-0.2, 0) is 11.3 Å². The normalized spacial score (nSPS) is 27.4. The standard InChI is InChI=1S/C17H20N2OS/c1-18-10-15-16(11-5-3-2-4-6-11)19-17(21-15)13-9-12-7-8-14(13)20-12/h2-6,12-14,18H,7-10H2,1H3. The van der Waals surface area contributed by atoms with Crippen LogP contribution in [0.5, 0.6) is 0 Å². The smallest absolute Gasteiger partial charge is 0.0993 e. The minimum absolute atomic E-state index is 0.409. The first kappa shape index (κ1) is 13.4. The fraction of sp³-hybridized carbons (Fsp3) is 0.471. The average Bonchev–Trinajstić information content (AvgIpc) is 3.23. The lowest BCUT2D eigenvalue weighted by molar-refractivity contribution is 0.101. The number of fused-ring (bicyclic) bond motifs is 2. The number of rotatable bonds is 4. The second kappa shape index (κ2) is 5.52. The number of nitrogens with one attached hydrogen (secondary N) is 1. The van der Waals surface area contributed by atoms with Gasteiger partial charge in [-0.05, 0) is 26.3 Å². The van der Waals surface area contributed by atoms with Crippen molar-refractivity contribution in [2.24, 2.45) is 0 Å². The van der Waals surface area contributed by atoms with Crippen LogP contribution >= 0.6 is 11.3 Å². The molecule has 3 heterocycles. The number of hydrogen-bond donors (Lipinski definition) is 1. The summed E-state index contributed by atoms with van der Waals surface area (Å²) in [7, 11) is 1.99. The van der Waals surface area contributed by atoms with Crippen molar-refractivity contribution in [1.82, 2.24) is 10.3 Å². The molecule has 21 heavy (non-hydrogen) atoms. The molecule has 2 aliphatic rings. The number of aromatic nitrogens is 1. The van der Waals surface area contributed by atoms with E-state index in [9.17, 15) is 0 Å². The predicted octanol–water partition coefficient (Wildman–Crippen LogP) is 3.56. The minimum Gasteiger partial charge on any atom is -0.374 e. The second-order valence-corrected chi connectivity index (χ2v) is 7.05. The monoisotopic (exact) mass is 300 g/mol. The summed E-state index contributed by atoms with van der Waals surface area (Å²) in [6, 6.07) is 10.5. The Kier molecular flexibility index (Phi) is 3.53. The van der Waals surface area contributed by atoms with Crippen LogP contribution in [0.2, 0.25) is 0 Å². The Morgan fingerprint density at radius 3 is 2.81 bits per heavy atom. The maximum atomic E-state index is 6.01. The summed E-state index contributed by atoms with van der Waals surface area (Å²) in [6.07, 6.45) is 4.49. The SMILES string of the molecule is CNCc1sc(C2CC3CCC2O3)nc1-c1ccccc1. The van der Waals surface area contributed by atoms with Crippen molar-refractivity contribution in [2.75, 3.05) is 7.05 Å². The van der Waals surface area contributed by atoms with E-state index in [1.54, 1.807) is 0 Å². The Morgan fingerprint density at radius 2 is 2.14 bits per heavy atom. The van der Waals surface area contributed by atoms with Crippen molar-refractivity contribution in [3.63, 3.8) is 0 Å². The van der Waals surface area contributed by atoms with Gasteiger partial charge in [-0.1, -0.05) is 30.3 Å². The van der Waals surface area contributed by atoms with E-state index >= 15 is 0 Å². The third-order valence-corrected chi connectivity index (χ3v) is 5.71. The van der Waals surface area contributed by atoms with E-state index in [1.807, 2.05) is 18.4 Å². The first-order chi connectivity index (χ1) is 10.3. The molecule has 0 spiro atoms. The summed E-state index contributed by atoms with van der Waals surface area (Å²) in [6.45, 7) is 0.879. The fourth-order valence-electron chi connectivity index (χ4n) is 3.53. The number of benzene rings is 1. The molecule has 3 nitrogen and oxygen atoms in total. The fourth-order valence-corrected chi connectivity index (χ4v) is 4.79. The average molecular weight is 300 g/mol. The zero-order chi connectivity index (χ0) is 14.2. The van der Waals surface area contributed by atoms with Gasteiger partial charge in [0.1, 0.15) is 0 Å². The summed E-state index contributed by atoms with van der Waals surface area (Å²) < 4.78 is 6.01. The van der Waals surface area contributed by atoms with Gasteiger partial charge in [0.15, 0.2) is 0 Å². The molecule has 1 aromatic carbocycles.